The van der Waals surface area contributed by atoms with Crippen LogP contribution in [0.5, 0.6) is 5.75 Å². The number of ether oxygens (including phenoxy) is 3. The number of anilines is 2. The van der Waals surface area contributed by atoms with Gasteiger partial charge in [-0.2, -0.15) is 0 Å². The van der Waals surface area contributed by atoms with Crippen molar-refractivity contribution >= 4 is 21.7 Å². The summed E-state index contributed by atoms with van der Waals surface area (Å²) >= 11 is 0. The summed E-state index contributed by atoms with van der Waals surface area (Å²) in [7, 11) is -3.65. The smallest absolute Gasteiger partial charge is 0.240 e. The number of sulfonamides is 1. The van der Waals surface area contributed by atoms with Crippen LogP contribution in [0.1, 0.15) is 25.8 Å². The van der Waals surface area contributed by atoms with Crippen molar-refractivity contribution in [1.29, 1.82) is 0 Å². The van der Waals surface area contributed by atoms with E-state index < -0.39 is 16.3 Å². The van der Waals surface area contributed by atoms with Crippen molar-refractivity contribution in [2.45, 2.75) is 37.9 Å². The zero-order valence-electron chi connectivity index (χ0n) is 19.9. The zero-order valence-corrected chi connectivity index (χ0v) is 20.7. The Labute approximate surface area is 205 Å². The molecule has 1 aliphatic rings. The lowest BCUT2D eigenvalue weighted by Gasteiger charge is -2.17. The van der Waals surface area contributed by atoms with Crippen molar-refractivity contribution in [3.8, 4) is 17.0 Å². The molecule has 0 fully saturated rings. The third-order valence-corrected chi connectivity index (χ3v) is 6.92. The van der Waals surface area contributed by atoms with Gasteiger partial charge >= 0.3 is 0 Å². The average molecular weight is 499 g/mol. The van der Waals surface area contributed by atoms with E-state index in [1.54, 1.807) is 18.3 Å². The number of hydrogen-bond donors (Lipinski definition) is 2. The monoisotopic (exact) mass is 498 g/mol. The minimum Gasteiger partial charge on any atom is -0.493 e. The Bertz CT molecular complexity index is 1230. The third-order valence-electron chi connectivity index (χ3n) is 5.44. The molecular formula is C25H30N4O5S. The van der Waals surface area contributed by atoms with Gasteiger partial charge in [-0.25, -0.2) is 23.1 Å². The van der Waals surface area contributed by atoms with Crippen LogP contribution in [0.4, 0.5) is 11.6 Å². The van der Waals surface area contributed by atoms with E-state index in [9.17, 15) is 8.42 Å². The second kappa shape index (κ2) is 11.6. The van der Waals surface area contributed by atoms with Crippen molar-refractivity contribution in [3.63, 3.8) is 0 Å². The second-order valence-electron chi connectivity index (χ2n) is 7.86. The first kappa shape index (κ1) is 25.1. The normalized spacial score (nSPS) is 13.0. The fourth-order valence-corrected chi connectivity index (χ4v) is 4.80. The number of nitrogens with zero attached hydrogens (tertiary/aromatic N) is 2. The van der Waals surface area contributed by atoms with Gasteiger partial charge in [-0.3, -0.25) is 0 Å². The summed E-state index contributed by atoms with van der Waals surface area (Å²) in [6.45, 7) is 5.66. The molecule has 35 heavy (non-hydrogen) atoms. The lowest BCUT2D eigenvalue weighted by atomic mass is 10.1. The van der Waals surface area contributed by atoms with Gasteiger partial charge < -0.3 is 19.5 Å². The standard InChI is InChI=1S/C25H30N4O5S/c1-3-32-24(33-4-2)12-15-27-35(30,31)21-8-6-20(7-9-21)28-25-26-14-11-22(29-25)18-5-10-23-19(17-18)13-16-34-23/h5-11,14,17,24,27H,3-4,12-13,15-16H2,1-2H3,(H,26,28,29). The predicted molar refractivity (Wildman–Crippen MR) is 133 cm³/mol. The van der Waals surface area contributed by atoms with Crippen LogP contribution >= 0.6 is 0 Å². The highest BCUT2D eigenvalue weighted by atomic mass is 32.2. The number of rotatable bonds is 12. The van der Waals surface area contributed by atoms with E-state index in [1.165, 1.54) is 17.7 Å². The molecule has 10 heteroatoms. The van der Waals surface area contributed by atoms with E-state index in [4.69, 9.17) is 14.2 Å². The molecular weight excluding hydrogens is 468 g/mol. The van der Waals surface area contributed by atoms with Gasteiger partial charge in [0.2, 0.25) is 16.0 Å². The van der Waals surface area contributed by atoms with Crippen LogP contribution < -0.4 is 14.8 Å². The van der Waals surface area contributed by atoms with E-state index in [0.717, 1.165) is 23.4 Å². The molecule has 0 atom stereocenters. The van der Waals surface area contributed by atoms with Crippen molar-refractivity contribution in [2.24, 2.45) is 0 Å². The first-order valence-corrected chi connectivity index (χ1v) is 13.2. The van der Waals surface area contributed by atoms with Crippen molar-refractivity contribution in [1.82, 2.24) is 14.7 Å². The Kier molecular flexibility index (Phi) is 8.29. The van der Waals surface area contributed by atoms with E-state index in [1.807, 2.05) is 32.0 Å². The first-order chi connectivity index (χ1) is 17.0. The van der Waals surface area contributed by atoms with Gasteiger partial charge in [0.1, 0.15) is 5.75 Å². The van der Waals surface area contributed by atoms with Gasteiger partial charge in [0.05, 0.1) is 17.2 Å². The van der Waals surface area contributed by atoms with Gasteiger partial charge in [0.25, 0.3) is 0 Å². The molecule has 4 rings (SSSR count). The molecule has 0 saturated carbocycles. The SMILES string of the molecule is CCOC(CCNS(=O)(=O)c1ccc(Nc2nccc(-c3ccc4c(c3)CCO4)n2)cc1)OCC. The highest BCUT2D eigenvalue weighted by Gasteiger charge is 2.16. The minimum atomic E-state index is -3.65. The van der Waals surface area contributed by atoms with Crippen LogP contribution in [0.15, 0.2) is 59.6 Å². The Morgan fingerprint density at radius 1 is 1.06 bits per heavy atom. The van der Waals surface area contributed by atoms with Crippen LogP contribution in [0.3, 0.4) is 0 Å². The number of benzene rings is 2. The molecule has 0 bridgehead atoms. The maximum atomic E-state index is 12.6. The third kappa shape index (κ3) is 6.55. The van der Waals surface area contributed by atoms with Crippen molar-refractivity contribution < 1.29 is 22.6 Å². The van der Waals surface area contributed by atoms with Crippen LogP contribution in [0.25, 0.3) is 11.3 Å². The Morgan fingerprint density at radius 2 is 1.83 bits per heavy atom. The summed E-state index contributed by atoms with van der Waals surface area (Å²) in [4.78, 5) is 9.06. The maximum absolute atomic E-state index is 12.6. The van der Waals surface area contributed by atoms with Crippen LogP contribution in [-0.2, 0) is 25.9 Å². The average Bonchev–Trinajstić information content (AvgIpc) is 3.33. The molecule has 2 heterocycles. The van der Waals surface area contributed by atoms with Gasteiger partial charge in [-0.05, 0) is 67.9 Å². The van der Waals surface area contributed by atoms with Crippen molar-refractivity contribution in [3.05, 3.63) is 60.3 Å². The lowest BCUT2D eigenvalue weighted by molar-refractivity contribution is -0.138. The minimum absolute atomic E-state index is 0.169. The summed E-state index contributed by atoms with van der Waals surface area (Å²) in [6.07, 6.45) is 2.57. The molecule has 3 aromatic rings. The summed E-state index contributed by atoms with van der Waals surface area (Å²) in [5.41, 5.74) is 3.63. The molecule has 0 radical (unpaired) electrons. The Morgan fingerprint density at radius 3 is 2.57 bits per heavy atom. The number of fused-ring (bicyclic) bond motifs is 1. The van der Waals surface area contributed by atoms with Crippen molar-refractivity contribution in [2.75, 3.05) is 31.7 Å². The molecule has 2 aromatic carbocycles. The number of hydrogen-bond acceptors (Lipinski definition) is 8. The summed E-state index contributed by atoms with van der Waals surface area (Å²) in [6, 6.07) is 14.3. The van der Waals surface area contributed by atoms with Crippen LogP contribution in [0, 0.1) is 0 Å². The van der Waals surface area contributed by atoms with Crippen LogP contribution in [-0.4, -0.2) is 51.0 Å². The van der Waals surface area contributed by atoms with E-state index in [-0.39, 0.29) is 11.4 Å². The number of nitrogens with one attached hydrogen (secondary N) is 2. The second-order valence-corrected chi connectivity index (χ2v) is 9.63. The van der Waals surface area contributed by atoms with Gasteiger partial charge in [0, 0.05) is 50.0 Å². The molecule has 0 amide bonds. The van der Waals surface area contributed by atoms with Gasteiger partial charge in [-0.1, -0.05) is 0 Å². The molecule has 1 aliphatic heterocycles. The summed E-state index contributed by atoms with van der Waals surface area (Å²) in [5.74, 6) is 1.35. The predicted octanol–water partition coefficient (Wildman–Crippen LogP) is 3.89. The largest absolute Gasteiger partial charge is 0.493 e. The lowest BCUT2D eigenvalue weighted by Crippen LogP contribution is -2.29. The van der Waals surface area contributed by atoms with E-state index in [2.05, 4.69) is 26.1 Å². The highest BCUT2D eigenvalue weighted by molar-refractivity contribution is 7.89. The fraction of sp³-hybridized carbons (Fsp3) is 0.360. The molecule has 1 aromatic heterocycles. The molecule has 0 spiro atoms. The highest BCUT2D eigenvalue weighted by Crippen LogP contribution is 2.30. The molecule has 0 unspecified atom stereocenters. The zero-order chi connectivity index (χ0) is 24.7. The number of aromatic nitrogens is 2. The molecule has 0 aliphatic carbocycles. The molecule has 9 nitrogen and oxygen atoms in total. The van der Waals surface area contributed by atoms with Crippen LogP contribution in [0.2, 0.25) is 0 Å². The fourth-order valence-electron chi connectivity index (χ4n) is 3.75. The maximum Gasteiger partial charge on any atom is 0.240 e. The molecule has 186 valence electrons. The molecule has 0 saturated heterocycles. The van der Waals surface area contributed by atoms with E-state index >= 15 is 0 Å². The van der Waals surface area contributed by atoms with E-state index in [0.29, 0.717) is 37.9 Å². The first-order valence-electron chi connectivity index (χ1n) is 11.7. The molecule has 2 N–H and O–H groups in total. The van der Waals surface area contributed by atoms with Gasteiger partial charge in [-0.15, -0.1) is 0 Å². The Hall–Kier alpha value is -3.05. The van der Waals surface area contributed by atoms with Gasteiger partial charge in [0.15, 0.2) is 6.29 Å². The topological polar surface area (TPSA) is 112 Å². The summed E-state index contributed by atoms with van der Waals surface area (Å²) < 4.78 is 44.3. The summed E-state index contributed by atoms with van der Waals surface area (Å²) in [5, 5.41) is 3.14. The Balaban J connectivity index is 1.38. The quantitative estimate of drug-likeness (QED) is 0.362.